The number of piperazine rings is 1. The summed E-state index contributed by atoms with van der Waals surface area (Å²) in [7, 11) is 1.52. The molecular weight excluding hydrogens is 508 g/mol. The highest BCUT2D eigenvalue weighted by molar-refractivity contribution is 5.73. The maximum absolute atomic E-state index is 12.9. The Hall–Kier alpha value is -3.71. The van der Waals surface area contributed by atoms with Gasteiger partial charge in [-0.2, -0.15) is 5.26 Å². The smallest absolute Gasteiger partial charge is 0.219 e. The van der Waals surface area contributed by atoms with E-state index in [1.54, 1.807) is 25.3 Å². The van der Waals surface area contributed by atoms with Gasteiger partial charge in [-0.1, -0.05) is 36.4 Å². The third-order valence-corrected chi connectivity index (χ3v) is 9.28. The molecule has 6 atom stereocenters. The summed E-state index contributed by atoms with van der Waals surface area (Å²) in [5.74, 6) is 0.0245. The number of rotatable bonds is 5. The number of methoxy groups -OCH3 is 1. The van der Waals surface area contributed by atoms with Crippen molar-refractivity contribution in [1.82, 2.24) is 14.8 Å². The third-order valence-electron chi connectivity index (χ3n) is 9.28. The van der Waals surface area contributed by atoms with Crippen molar-refractivity contribution in [1.29, 1.82) is 5.26 Å². The molecule has 1 amide bonds. The number of benzene rings is 1. The molecule has 9 heteroatoms. The zero-order chi connectivity index (χ0) is 28.1. The highest BCUT2D eigenvalue weighted by Crippen LogP contribution is 2.69. The fourth-order valence-corrected chi connectivity index (χ4v) is 7.47. The van der Waals surface area contributed by atoms with Crippen molar-refractivity contribution in [2.24, 2.45) is 17.8 Å². The second-order valence-electron chi connectivity index (χ2n) is 11.2. The maximum atomic E-state index is 12.9. The molecule has 0 spiro atoms. The van der Waals surface area contributed by atoms with Gasteiger partial charge < -0.3 is 24.6 Å². The number of nitriles is 1. The van der Waals surface area contributed by atoms with E-state index in [-0.39, 0.29) is 23.7 Å². The number of nitrogens with zero attached hydrogens (tertiary/aromatic N) is 4. The Morgan fingerprint density at radius 3 is 2.58 bits per heavy atom. The molecule has 40 heavy (non-hydrogen) atoms. The largest absolute Gasteiger partial charge is 0.495 e. The number of allylic oxidation sites excluding steroid dienone is 4. The molecule has 1 aromatic carbocycles. The highest BCUT2D eigenvalue weighted by Gasteiger charge is 2.77. The molecule has 0 radical (unpaired) electrons. The normalized spacial score (nSPS) is 32.7. The summed E-state index contributed by atoms with van der Waals surface area (Å²) in [6.45, 7) is 4.73. The van der Waals surface area contributed by atoms with E-state index in [0.717, 1.165) is 6.42 Å². The SMILES string of the molecule is COc1cncc2c1[C@]1(O)[C@H](O)[C@H](CN3CCN(C(C)=O)CC3)[C@@H](C3C=CC=CC3)[C@]1(c1ccc(C#N)cc1)O2. The number of carbonyl (C=O) groups excluding carboxylic acids is 1. The van der Waals surface area contributed by atoms with Crippen LogP contribution in [-0.4, -0.2) is 76.8 Å². The van der Waals surface area contributed by atoms with Crippen molar-refractivity contribution in [2.45, 2.75) is 30.7 Å². The minimum atomic E-state index is -1.85. The number of amides is 1. The molecule has 0 bridgehead atoms. The summed E-state index contributed by atoms with van der Waals surface area (Å²) in [5.41, 5.74) is -1.65. The average molecular weight is 543 g/mol. The van der Waals surface area contributed by atoms with Crippen molar-refractivity contribution in [3.8, 4) is 17.6 Å². The lowest BCUT2D eigenvalue weighted by Crippen LogP contribution is -2.53. The van der Waals surface area contributed by atoms with Crippen molar-refractivity contribution in [3.63, 3.8) is 0 Å². The Labute approximate surface area is 233 Å². The lowest BCUT2D eigenvalue weighted by Gasteiger charge is -2.43. The maximum Gasteiger partial charge on any atom is 0.219 e. The van der Waals surface area contributed by atoms with E-state index in [9.17, 15) is 20.3 Å². The first-order valence-corrected chi connectivity index (χ1v) is 13.8. The van der Waals surface area contributed by atoms with Crippen LogP contribution in [0.15, 0.2) is 61.0 Å². The molecule has 6 rings (SSSR count). The summed E-state index contributed by atoms with van der Waals surface area (Å²) < 4.78 is 12.5. The van der Waals surface area contributed by atoms with Crippen LogP contribution in [0.3, 0.4) is 0 Å². The van der Waals surface area contributed by atoms with Gasteiger partial charge in [0.05, 0.1) is 42.8 Å². The minimum absolute atomic E-state index is 0.0407. The molecule has 208 valence electrons. The first-order chi connectivity index (χ1) is 19.3. The van der Waals surface area contributed by atoms with Gasteiger partial charge in [0.25, 0.3) is 0 Å². The zero-order valence-electron chi connectivity index (χ0n) is 22.7. The monoisotopic (exact) mass is 542 g/mol. The van der Waals surface area contributed by atoms with Crippen molar-refractivity contribution < 1.29 is 24.5 Å². The Morgan fingerprint density at radius 2 is 1.95 bits per heavy atom. The Morgan fingerprint density at radius 1 is 1.20 bits per heavy atom. The molecule has 2 fully saturated rings. The van der Waals surface area contributed by atoms with Crippen LogP contribution in [-0.2, 0) is 16.0 Å². The van der Waals surface area contributed by atoms with Crippen LogP contribution >= 0.6 is 0 Å². The van der Waals surface area contributed by atoms with Gasteiger partial charge in [-0.05, 0) is 30.0 Å². The second-order valence-corrected chi connectivity index (χ2v) is 11.2. The molecule has 1 aromatic heterocycles. The average Bonchev–Trinajstić information content (AvgIpc) is 3.36. The number of pyridine rings is 1. The fourth-order valence-electron chi connectivity index (χ4n) is 7.47. The molecule has 2 aromatic rings. The van der Waals surface area contributed by atoms with Crippen LogP contribution in [0.2, 0.25) is 0 Å². The summed E-state index contributed by atoms with van der Waals surface area (Å²) in [6, 6.07) is 9.26. The van der Waals surface area contributed by atoms with Crippen LogP contribution < -0.4 is 9.47 Å². The number of ether oxygens (including phenoxy) is 2. The summed E-state index contributed by atoms with van der Waals surface area (Å²) in [4.78, 5) is 20.3. The molecule has 4 aliphatic rings. The number of carbonyl (C=O) groups is 1. The van der Waals surface area contributed by atoms with E-state index < -0.39 is 17.3 Å². The number of aromatic nitrogens is 1. The predicted octanol–water partition coefficient (Wildman–Crippen LogP) is 2.34. The first-order valence-electron chi connectivity index (χ1n) is 13.8. The summed E-state index contributed by atoms with van der Waals surface area (Å²) in [5, 5.41) is 34.7. The number of fused-ring (bicyclic) bond motifs is 3. The van der Waals surface area contributed by atoms with Crippen molar-refractivity contribution >= 4 is 5.91 Å². The first kappa shape index (κ1) is 26.5. The fraction of sp³-hybridized carbons (Fsp3) is 0.452. The number of hydrogen-bond acceptors (Lipinski definition) is 8. The van der Waals surface area contributed by atoms with E-state index in [4.69, 9.17) is 9.47 Å². The quantitative estimate of drug-likeness (QED) is 0.591. The van der Waals surface area contributed by atoms with Gasteiger partial charge in [0.15, 0.2) is 11.2 Å². The van der Waals surface area contributed by atoms with E-state index in [2.05, 4.69) is 28.1 Å². The van der Waals surface area contributed by atoms with E-state index in [1.807, 2.05) is 29.2 Å². The second kappa shape index (κ2) is 10.0. The van der Waals surface area contributed by atoms with E-state index in [1.165, 1.54) is 13.3 Å². The van der Waals surface area contributed by atoms with Crippen LogP contribution in [0.4, 0.5) is 0 Å². The highest BCUT2D eigenvalue weighted by atomic mass is 16.5. The molecule has 1 saturated carbocycles. The Kier molecular flexibility index (Phi) is 6.65. The summed E-state index contributed by atoms with van der Waals surface area (Å²) >= 11 is 0. The number of hydrogen-bond donors (Lipinski definition) is 2. The topological polar surface area (TPSA) is 119 Å². The van der Waals surface area contributed by atoms with Gasteiger partial charge in [-0.15, -0.1) is 0 Å². The molecular formula is C31H34N4O5. The van der Waals surface area contributed by atoms with Gasteiger partial charge in [0, 0.05) is 51.5 Å². The van der Waals surface area contributed by atoms with Crippen molar-refractivity contribution in [3.05, 3.63) is 77.7 Å². The predicted molar refractivity (Wildman–Crippen MR) is 146 cm³/mol. The van der Waals surface area contributed by atoms with Gasteiger partial charge in [-0.3, -0.25) is 14.7 Å². The Balaban J connectivity index is 1.51. The third kappa shape index (κ3) is 3.78. The molecule has 1 saturated heterocycles. The van der Waals surface area contributed by atoms with Crippen LogP contribution in [0, 0.1) is 29.1 Å². The lowest BCUT2D eigenvalue weighted by atomic mass is 9.67. The van der Waals surface area contributed by atoms with Crippen LogP contribution in [0.5, 0.6) is 11.5 Å². The van der Waals surface area contributed by atoms with Gasteiger partial charge in [0.1, 0.15) is 11.5 Å². The standard InChI is InChI=1S/C31H34N4O5/c1-20(36)35-14-12-34(13-15-35)19-24-27(22-6-4-3-5-7-22)31(23-10-8-21(16-32)9-11-23)30(38,29(24)37)28-25(39-2)17-33-18-26(28)40-31/h3-6,8-11,17-18,22,24,27,29,37-38H,7,12-15,19H2,1-2H3/t22?,24-,27-,29-,30+,31+/m1/s1. The molecule has 2 aliphatic heterocycles. The molecule has 3 heterocycles. The van der Waals surface area contributed by atoms with Crippen molar-refractivity contribution in [2.75, 3.05) is 39.8 Å². The molecule has 2 N–H and O–H groups in total. The van der Waals surface area contributed by atoms with E-state index in [0.29, 0.717) is 60.9 Å². The van der Waals surface area contributed by atoms with Gasteiger partial charge in [-0.25, -0.2) is 0 Å². The number of aliphatic hydroxyl groups excluding tert-OH is 1. The zero-order valence-corrected chi connectivity index (χ0v) is 22.7. The molecule has 1 unspecified atom stereocenters. The van der Waals surface area contributed by atoms with E-state index >= 15 is 0 Å². The minimum Gasteiger partial charge on any atom is -0.495 e. The summed E-state index contributed by atoms with van der Waals surface area (Å²) in [6.07, 6.45) is 10.9. The van der Waals surface area contributed by atoms with Crippen LogP contribution in [0.1, 0.15) is 30.0 Å². The Bertz CT molecular complexity index is 1390. The molecule has 9 nitrogen and oxygen atoms in total. The van der Waals surface area contributed by atoms with Crippen LogP contribution in [0.25, 0.3) is 0 Å². The van der Waals surface area contributed by atoms with Gasteiger partial charge >= 0.3 is 0 Å². The number of aliphatic hydroxyl groups is 2. The lowest BCUT2D eigenvalue weighted by molar-refractivity contribution is -0.161. The van der Waals surface area contributed by atoms with Gasteiger partial charge in [0.2, 0.25) is 5.91 Å². The molecule has 2 aliphatic carbocycles.